The van der Waals surface area contributed by atoms with Gasteiger partial charge in [-0.05, 0) is 58.3 Å². The number of anilines is 1. The van der Waals surface area contributed by atoms with Crippen LogP contribution in [0.3, 0.4) is 0 Å². The minimum absolute atomic E-state index is 0.769. The summed E-state index contributed by atoms with van der Waals surface area (Å²) in [5, 5.41) is 3.45. The van der Waals surface area contributed by atoms with Crippen molar-refractivity contribution in [1.82, 2.24) is 0 Å². The molecule has 0 aromatic heterocycles. The smallest absolute Gasteiger partial charge is 0.0400 e. The molecule has 92 valence electrons. The van der Waals surface area contributed by atoms with Crippen molar-refractivity contribution in [2.75, 3.05) is 11.9 Å². The molecule has 1 N–H and O–H groups in total. The molecule has 0 aliphatic heterocycles. The maximum atomic E-state index is 4.13. The quantitative estimate of drug-likeness (QED) is 0.788. The number of halogens is 1. The topological polar surface area (TPSA) is 12.0 Å². The lowest BCUT2D eigenvalue weighted by Crippen LogP contribution is -2.04. The van der Waals surface area contributed by atoms with Gasteiger partial charge in [-0.2, -0.15) is 0 Å². The Kier molecular flexibility index (Phi) is 4.42. The minimum atomic E-state index is 0.769. The molecule has 2 rings (SSSR count). The predicted molar refractivity (Wildman–Crippen MR) is 87.9 cm³/mol. The SMILES string of the molecule is C=C(CNc1cc(I)ccc1C)c1ccccc1. The monoisotopic (exact) mass is 349 g/mol. The summed E-state index contributed by atoms with van der Waals surface area (Å²) in [4.78, 5) is 0. The van der Waals surface area contributed by atoms with Crippen molar-refractivity contribution in [3.05, 3.63) is 69.8 Å². The van der Waals surface area contributed by atoms with E-state index >= 15 is 0 Å². The van der Waals surface area contributed by atoms with E-state index in [1.165, 1.54) is 20.4 Å². The number of aryl methyl sites for hydroxylation is 1. The average molecular weight is 349 g/mol. The van der Waals surface area contributed by atoms with Gasteiger partial charge < -0.3 is 5.32 Å². The van der Waals surface area contributed by atoms with E-state index in [1.807, 2.05) is 18.2 Å². The van der Waals surface area contributed by atoms with Gasteiger partial charge in [0.2, 0.25) is 0 Å². The lowest BCUT2D eigenvalue weighted by molar-refractivity contribution is 1.30. The molecule has 2 heteroatoms. The highest BCUT2D eigenvalue weighted by Crippen LogP contribution is 2.19. The number of hydrogen-bond acceptors (Lipinski definition) is 1. The van der Waals surface area contributed by atoms with E-state index in [9.17, 15) is 0 Å². The second kappa shape index (κ2) is 6.05. The molecule has 0 bridgehead atoms. The van der Waals surface area contributed by atoms with Crippen LogP contribution in [0.5, 0.6) is 0 Å². The summed E-state index contributed by atoms with van der Waals surface area (Å²) < 4.78 is 1.24. The maximum Gasteiger partial charge on any atom is 0.0400 e. The van der Waals surface area contributed by atoms with Crippen LogP contribution >= 0.6 is 22.6 Å². The van der Waals surface area contributed by atoms with Gasteiger partial charge in [0, 0.05) is 15.8 Å². The zero-order chi connectivity index (χ0) is 13.0. The van der Waals surface area contributed by atoms with E-state index in [0.29, 0.717) is 0 Å². The fourth-order valence-corrected chi connectivity index (χ4v) is 2.25. The second-order valence-electron chi connectivity index (χ2n) is 4.28. The summed E-state index contributed by atoms with van der Waals surface area (Å²) in [6.45, 7) is 7.01. The van der Waals surface area contributed by atoms with Gasteiger partial charge in [0.1, 0.15) is 0 Å². The molecule has 1 nitrogen and oxygen atoms in total. The summed E-state index contributed by atoms with van der Waals surface area (Å²) in [5.41, 5.74) is 4.73. The Morgan fingerprint density at radius 3 is 2.61 bits per heavy atom. The number of rotatable bonds is 4. The highest BCUT2D eigenvalue weighted by Gasteiger charge is 2.01. The first-order valence-corrected chi connectivity index (χ1v) is 6.98. The van der Waals surface area contributed by atoms with Crippen LogP contribution in [0.1, 0.15) is 11.1 Å². The molecule has 2 aromatic carbocycles. The molecule has 0 unspecified atom stereocenters. The molecule has 0 fully saturated rings. The van der Waals surface area contributed by atoms with Gasteiger partial charge in [-0.1, -0.05) is 43.0 Å². The molecule has 0 atom stereocenters. The Hall–Kier alpha value is -1.29. The van der Waals surface area contributed by atoms with Crippen molar-refractivity contribution in [2.24, 2.45) is 0 Å². The normalized spacial score (nSPS) is 10.1. The Bertz CT molecular complexity index is 546. The zero-order valence-electron chi connectivity index (χ0n) is 10.4. The van der Waals surface area contributed by atoms with Crippen LogP contribution in [0.15, 0.2) is 55.1 Å². The van der Waals surface area contributed by atoms with Gasteiger partial charge in [0.15, 0.2) is 0 Å². The first-order valence-electron chi connectivity index (χ1n) is 5.90. The van der Waals surface area contributed by atoms with Gasteiger partial charge in [0.05, 0.1) is 0 Å². The van der Waals surface area contributed by atoms with Crippen molar-refractivity contribution in [1.29, 1.82) is 0 Å². The van der Waals surface area contributed by atoms with Crippen molar-refractivity contribution in [3.63, 3.8) is 0 Å². The van der Waals surface area contributed by atoms with Crippen LogP contribution in [0.25, 0.3) is 5.57 Å². The van der Waals surface area contributed by atoms with Crippen LogP contribution in [0.2, 0.25) is 0 Å². The molecule has 0 aliphatic rings. The molecule has 0 amide bonds. The molecule has 0 saturated carbocycles. The maximum absolute atomic E-state index is 4.13. The van der Waals surface area contributed by atoms with E-state index in [0.717, 1.165) is 12.1 Å². The van der Waals surface area contributed by atoms with E-state index in [2.05, 4.69) is 71.7 Å². The number of nitrogens with one attached hydrogen (secondary N) is 1. The van der Waals surface area contributed by atoms with Gasteiger partial charge in [0.25, 0.3) is 0 Å². The standard InChI is InChI=1S/C16H16IN/c1-12-8-9-15(17)10-16(12)18-11-13(2)14-6-4-3-5-7-14/h3-10,18H,2,11H2,1H3. The first-order chi connectivity index (χ1) is 8.66. The van der Waals surface area contributed by atoms with Crippen LogP contribution < -0.4 is 5.32 Å². The lowest BCUT2D eigenvalue weighted by atomic mass is 10.1. The Morgan fingerprint density at radius 1 is 1.17 bits per heavy atom. The lowest BCUT2D eigenvalue weighted by Gasteiger charge is -2.12. The van der Waals surface area contributed by atoms with Gasteiger partial charge >= 0.3 is 0 Å². The minimum Gasteiger partial charge on any atom is -0.381 e. The molecule has 0 saturated heterocycles. The zero-order valence-corrected chi connectivity index (χ0v) is 12.6. The van der Waals surface area contributed by atoms with Crippen LogP contribution in [-0.2, 0) is 0 Å². The summed E-state index contributed by atoms with van der Waals surface area (Å²) in [6, 6.07) is 16.7. The first kappa shape index (κ1) is 13.1. The van der Waals surface area contributed by atoms with Crippen molar-refractivity contribution in [3.8, 4) is 0 Å². The van der Waals surface area contributed by atoms with E-state index in [4.69, 9.17) is 0 Å². The van der Waals surface area contributed by atoms with Crippen LogP contribution in [-0.4, -0.2) is 6.54 Å². The third-order valence-electron chi connectivity index (χ3n) is 2.87. The van der Waals surface area contributed by atoms with Crippen molar-refractivity contribution < 1.29 is 0 Å². The Labute approximate surface area is 122 Å². The molecule has 2 aromatic rings. The summed E-state index contributed by atoms with van der Waals surface area (Å²) in [5.74, 6) is 0. The summed E-state index contributed by atoms with van der Waals surface area (Å²) in [7, 11) is 0. The highest BCUT2D eigenvalue weighted by atomic mass is 127. The fraction of sp³-hybridized carbons (Fsp3) is 0.125. The van der Waals surface area contributed by atoms with Crippen molar-refractivity contribution in [2.45, 2.75) is 6.92 Å². The largest absolute Gasteiger partial charge is 0.381 e. The second-order valence-corrected chi connectivity index (χ2v) is 5.53. The number of hydrogen-bond donors (Lipinski definition) is 1. The molecule has 0 aliphatic carbocycles. The molecular formula is C16H16IN. The van der Waals surface area contributed by atoms with Crippen LogP contribution in [0, 0.1) is 10.5 Å². The molecule has 0 heterocycles. The predicted octanol–water partition coefficient (Wildman–Crippen LogP) is 4.72. The van der Waals surface area contributed by atoms with Gasteiger partial charge in [-0.3, -0.25) is 0 Å². The highest BCUT2D eigenvalue weighted by molar-refractivity contribution is 14.1. The van der Waals surface area contributed by atoms with Crippen molar-refractivity contribution >= 4 is 33.9 Å². The molecule has 0 radical (unpaired) electrons. The average Bonchev–Trinajstić information content (AvgIpc) is 2.40. The molecular weight excluding hydrogens is 333 g/mol. The number of benzene rings is 2. The third kappa shape index (κ3) is 3.35. The van der Waals surface area contributed by atoms with E-state index in [1.54, 1.807) is 0 Å². The summed E-state index contributed by atoms with van der Waals surface area (Å²) >= 11 is 2.33. The van der Waals surface area contributed by atoms with E-state index in [-0.39, 0.29) is 0 Å². The molecule has 0 spiro atoms. The summed E-state index contributed by atoms with van der Waals surface area (Å²) in [6.07, 6.45) is 0. The van der Waals surface area contributed by atoms with Crippen LogP contribution in [0.4, 0.5) is 5.69 Å². The Morgan fingerprint density at radius 2 is 1.89 bits per heavy atom. The molecule has 18 heavy (non-hydrogen) atoms. The van der Waals surface area contributed by atoms with Gasteiger partial charge in [-0.25, -0.2) is 0 Å². The third-order valence-corrected chi connectivity index (χ3v) is 3.54. The van der Waals surface area contributed by atoms with Gasteiger partial charge in [-0.15, -0.1) is 0 Å². The Balaban J connectivity index is 2.04. The van der Waals surface area contributed by atoms with E-state index < -0.39 is 0 Å². The fourth-order valence-electron chi connectivity index (χ4n) is 1.76.